The molecule has 4 heteroatoms. The molecule has 0 fully saturated rings. The van der Waals surface area contributed by atoms with Gasteiger partial charge in [-0.05, 0) is 68.3 Å². The van der Waals surface area contributed by atoms with Crippen LogP contribution in [0.5, 0.6) is 0 Å². The molecule has 2 heterocycles. The normalized spacial score (nSPS) is 11.9. The summed E-state index contributed by atoms with van der Waals surface area (Å²) < 4.78 is 13.6. The standard InChI is InChI=1S/C18H10Br2O2/c19-17-11-5-1-3-7-13(11)21-15(17)9-10-16-18(20)12-6-2-4-8-14(12)22-16/h1-10H/b10-9+. The zero-order valence-electron chi connectivity index (χ0n) is 11.3. The Hall–Kier alpha value is -1.78. The number of hydrogen-bond donors (Lipinski definition) is 0. The molecule has 0 saturated carbocycles. The van der Waals surface area contributed by atoms with E-state index in [1.807, 2.05) is 60.7 Å². The van der Waals surface area contributed by atoms with Crippen molar-refractivity contribution in [1.82, 2.24) is 0 Å². The van der Waals surface area contributed by atoms with Crippen LogP contribution in [0.15, 0.2) is 66.3 Å². The lowest BCUT2D eigenvalue weighted by Crippen LogP contribution is -1.68. The van der Waals surface area contributed by atoms with Gasteiger partial charge in [-0.2, -0.15) is 0 Å². The number of para-hydroxylation sites is 2. The first-order valence-electron chi connectivity index (χ1n) is 6.76. The van der Waals surface area contributed by atoms with Crippen LogP contribution in [0.2, 0.25) is 0 Å². The molecule has 4 aromatic rings. The average molecular weight is 418 g/mol. The van der Waals surface area contributed by atoms with Crippen LogP contribution in [0.4, 0.5) is 0 Å². The van der Waals surface area contributed by atoms with Crippen molar-refractivity contribution in [3.63, 3.8) is 0 Å². The summed E-state index contributed by atoms with van der Waals surface area (Å²) in [6.45, 7) is 0. The number of furan rings is 2. The molecule has 0 amide bonds. The highest BCUT2D eigenvalue weighted by Crippen LogP contribution is 2.34. The molecule has 0 N–H and O–H groups in total. The summed E-state index contributed by atoms with van der Waals surface area (Å²) in [6, 6.07) is 15.9. The summed E-state index contributed by atoms with van der Waals surface area (Å²) in [5.74, 6) is 1.54. The fraction of sp³-hybridized carbons (Fsp3) is 0. The van der Waals surface area contributed by atoms with Crippen molar-refractivity contribution in [2.45, 2.75) is 0 Å². The van der Waals surface area contributed by atoms with E-state index in [9.17, 15) is 0 Å². The van der Waals surface area contributed by atoms with Gasteiger partial charge in [-0.15, -0.1) is 0 Å². The van der Waals surface area contributed by atoms with Gasteiger partial charge in [0.2, 0.25) is 0 Å². The van der Waals surface area contributed by atoms with E-state index in [2.05, 4.69) is 31.9 Å². The van der Waals surface area contributed by atoms with E-state index in [0.29, 0.717) is 0 Å². The molecule has 4 rings (SSSR count). The van der Waals surface area contributed by atoms with Crippen LogP contribution in [0, 0.1) is 0 Å². The van der Waals surface area contributed by atoms with Gasteiger partial charge in [0.05, 0.1) is 8.95 Å². The van der Waals surface area contributed by atoms with Crippen LogP contribution >= 0.6 is 31.9 Å². The van der Waals surface area contributed by atoms with E-state index in [-0.39, 0.29) is 0 Å². The van der Waals surface area contributed by atoms with E-state index in [4.69, 9.17) is 8.83 Å². The van der Waals surface area contributed by atoms with Crippen molar-refractivity contribution in [3.05, 3.63) is 69.0 Å². The summed E-state index contributed by atoms with van der Waals surface area (Å²) in [6.07, 6.45) is 3.82. The van der Waals surface area contributed by atoms with Crippen LogP contribution in [-0.4, -0.2) is 0 Å². The van der Waals surface area contributed by atoms with Crippen molar-refractivity contribution >= 4 is 66.0 Å². The smallest absolute Gasteiger partial charge is 0.142 e. The molecule has 0 aliphatic carbocycles. The third-order valence-corrected chi connectivity index (χ3v) is 5.14. The van der Waals surface area contributed by atoms with Crippen molar-refractivity contribution in [2.24, 2.45) is 0 Å². The summed E-state index contributed by atoms with van der Waals surface area (Å²) in [5, 5.41) is 2.12. The summed E-state index contributed by atoms with van der Waals surface area (Å²) in [5.41, 5.74) is 1.72. The van der Waals surface area contributed by atoms with Gasteiger partial charge in [-0.3, -0.25) is 0 Å². The monoisotopic (exact) mass is 416 g/mol. The third-order valence-electron chi connectivity index (χ3n) is 3.51. The molecule has 22 heavy (non-hydrogen) atoms. The van der Waals surface area contributed by atoms with Crippen LogP contribution in [0.1, 0.15) is 11.5 Å². The maximum Gasteiger partial charge on any atom is 0.142 e. The van der Waals surface area contributed by atoms with Gasteiger partial charge in [0.1, 0.15) is 22.7 Å². The Labute approximate surface area is 143 Å². The summed E-state index contributed by atoms with van der Waals surface area (Å²) in [4.78, 5) is 0. The number of hydrogen-bond acceptors (Lipinski definition) is 2. The molecule has 0 saturated heterocycles. The first kappa shape index (κ1) is 13.9. The number of halogens is 2. The minimum absolute atomic E-state index is 0.772. The lowest BCUT2D eigenvalue weighted by molar-refractivity contribution is 0.597. The molecule has 0 unspecified atom stereocenters. The topological polar surface area (TPSA) is 26.3 Å². The van der Waals surface area contributed by atoms with Gasteiger partial charge in [0.15, 0.2) is 0 Å². The molecule has 2 aromatic carbocycles. The fourth-order valence-electron chi connectivity index (χ4n) is 2.43. The molecule has 0 bridgehead atoms. The molecule has 0 aliphatic rings. The van der Waals surface area contributed by atoms with Crippen LogP contribution in [0.25, 0.3) is 34.1 Å². The first-order chi connectivity index (χ1) is 10.7. The lowest BCUT2D eigenvalue weighted by atomic mass is 10.2. The van der Waals surface area contributed by atoms with Gasteiger partial charge >= 0.3 is 0 Å². The Morgan fingerprint density at radius 1 is 0.636 bits per heavy atom. The maximum absolute atomic E-state index is 5.84. The van der Waals surface area contributed by atoms with E-state index in [1.54, 1.807) is 0 Å². The molecule has 108 valence electrons. The number of fused-ring (bicyclic) bond motifs is 2. The summed E-state index contributed by atoms with van der Waals surface area (Å²) >= 11 is 7.18. The Morgan fingerprint density at radius 3 is 1.45 bits per heavy atom. The van der Waals surface area contributed by atoms with Gasteiger partial charge in [-0.1, -0.05) is 24.3 Å². The molecular formula is C18H10Br2O2. The van der Waals surface area contributed by atoms with Crippen molar-refractivity contribution in [1.29, 1.82) is 0 Å². The fourth-order valence-corrected chi connectivity index (χ4v) is 3.51. The molecule has 0 spiro atoms. The highest BCUT2D eigenvalue weighted by molar-refractivity contribution is 9.11. The first-order valence-corrected chi connectivity index (χ1v) is 8.35. The molecule has 0 radical (unpaired) electrons. The van der Waals surface area contributed by atoms with Gasteiger partial charge in [-0.25, -0.2) is 0 Å². The second kappa shape index (κ2) is 5.45. The third kappa shape index (κ3) is 2.23. The zero-order chi connectivity index (χ0) is 15.1. The second-order valence-electron chi connectivity index (χ2n) is 4.89. The highest BCUT2D eigenvalue weighted by atomic mass is 79.9. The van der Waals surface area contributed by atoms with Gasteiger partial charge < -0.3 is 8.83 Å². The van der Waals surface area contributed by atoms with Gasteiger partial charge in [0.25, 0.3) is 0 Å². The van der Waals surface area contributed by atoms with Crippen LogP contribution < -0.4 is 0 Å². The number of rotatable bonds is 2. The Balaban J connectivity index is 1.79. The van der Waals surface area contributed by atoms with Crippen LogP contribution in [0.3, 0.4) is 0 Å². The van der Waals surface area contributed by atoms with E-state index in [0.717, 1.165) is 42.4 Å². The summed E-state index contributed by atoms with van der Waals surface area (Å²) in [7, 11) is 0. The SMILES string of the molecule is Brc1c(/C=C/c2oc3ccccc3c2Br)oc2ccccc12. The predicted molar refractivity (Wildman–Crippen MR) is 96.8 cm³/mol. The zero-order valence-corrected chi connectivity index (χ0v) is 14.5. The second-order valence-corrected chi connectivity index (χ2v) is 6.47. The minimum atomic E-state index is 0.772. The quantitative estimate of drug-likeness (QED) is 0.355. The minimum Gasteiger partial charge on any atom is -0.455 e. The van der Waals surface area contributed by atoms with Crippen LogP contribution in [-0.2, 0) is 0 Å². The average Bonchev–Trinajstić information content (AvgIpc) is 3.04. The highest BCUT2D eigenvalue weighted by Gasteiger charge is 2.11. The van der Waals surface area contributed by atoms with Crippen molar-refractivity contribution in [3.8, 4) is 0 Å². The van der Waals surface area contributed by atoms with E-state index < -0.39 is 0 Å². The Kier molecular flexibility index (Phi) is 3.43. The van der Waals surface area contributed by atoms with Gasteiger partial charge in [0, 0.05) is 10.8 Å². The van der Waals surface area contributed by atoms with E-state index >= 15 is 0 Å². The molecule has 0 atom stereocenters. The number of benzene rings is 2. The maximum atomic E-state index is 5.84. The largest absolute Gasteiger partial charge is 0.455 e. The Bertz CT molecular complexity index is 926. The Morgan fingerprint density at radius 2 is 1.05 bits per heavy atom. The molecular weight excluding hydrogens is 408 g/mol. The van der Waals surface area contributed by atoms with Crippen molar-refractivity contribution < 1.29 is 8.83 Å². The van der Waals surface area contributed by atoms with Crippen molar-refractivity contribution in [2.75, 3.05) is 0 Å². The predicted octanol–water partition coefficient (Wildman–Crippen LogP) is 6.87. The lowest BCUT2D eigenvalue weighted by Gasteiger charge is -1.89. The molecule has 2 nitrogen and oxygen atoms in total. The van der Waals surface area contributed by atoms with E-state index in [1.165, 1.54) is 0 Å². The molecule has 0 aliphatic heterocycles. The molecule has 2 aromatic heterocycles.